The van der Waals surface area contributed by atoms with Crippen molar-refractivity contribution < 1.29 is 9.59 Å². The summed E-state index contributed by atoms with van der Waals surface area (Å²) in [5.74, 6) is -0.745. The van der Waals surface area contributed by atoms with Crippen LogP contribution in [0.5, 0.6) is 0 Å². The average Bonchev–Trinajstić information content (AvgIpc) is 2.80. The first kappa shape index (κ1) is 19.6. The van der Waals surface area contributed by atoms with Gasteiger partial charge in [-0.2, -0.15) is 0 Å². The van der Waals surface area contributed by atoms with Crippen LogP contribution in [0.15, 0.2) is 77.6 Å². The van der Waals surface area contributed by atoms with E-state index in [0.717, 1.165) is 17.7 Å². The maximum atomic E-state index is 13.0. The summed E-state index contributed by atoms with van der Waals surface area (Å²) in [6.45, 7) is 0.838. The summed E-state index contributed by atoms with van der Waals surface area (Å²) >= 11 is 0. The third-order valence-corrected chi connectivity index (χ3v) is 5.35. The Labute approximate surface area is 174 Å². The number of nitrogens with one attached hydrogen (secondary N) is 2. The van der Waals surface area contributed by atoms with Gasteiger partial charge in [0.1, 0.15) is 5.56 Å². The van der Waals surface area contributed by atoms with Gasteiger partial charge in [-0.25, -0.2) is 0 Å². The number of piperidine rings is 1. The van der Waals surface area contributed by atoms with Gasteiger partial charge in [0.2, 0.25) is 5.91 Å². The molecule has 2 amide bonds. The summed E-state index contributed by atoms with van der Waals surface area (Å²) in [5.41, 5.74) is 1.95. The third kappa shape index (κ3) is 4.33. The Morgan fingerprint density at radius 2 is 1.63 bits per heavy atom. The number of pyridine rings is 1. The number of amides is 2. The zero-order chi connectivity index (χ0) is 20.9. The number of rotatable bonds is 4. The molecule has 2 heterocycles. The lowest BCUT2D eigenvalue weighted by molar-refractivity contribution is -0.121. The van der Waals surface area contributed by atoms with E-state index < -0.39 is 5.56 Å². The molecule has 1 aliphatic rings. The SMILES string of the molecule is O=C(Nc1ccccc1)C1CCCN(C(=O)c2ccc(-c3ccccc3)[nH]c2=O)C1. The van der Waals surface area contributed by atoms with Crippen molar-refractivity contribution in [3.63, 3.8) is 0 Å². The molecule has 30 heavy (non-hydrogen) atoms. The van der Waals surface area contributed by atoms with Crippen molar-refractivity contribution in [1.29, 1.82) is 0 Å². The number of hydrogen-bond acceptors (Lipinski definition) is 3. The van der Waals surface area contributed by atoms with Crippen LogP contribution in [0.1, 0.15) is 23.2 Å². The summed E-state index contributed by atoms with van der Waals surface area (Å²) in [7, 11) is 0. The predicted octanol–water partition coefficient (Wildman–Crippen LogP) is 3.53. The molecule has 6 heteroatoms. The van der Waals surface area contributed by atoms with Crippen LogP contribution in [0.4, 0.5) is 5.69 Å². The monoisotopic (exact) mass is 401 g/mol. The van der Waals surface area contributed by atoms with E-state index in [4.69, 9.17) is 0 Å². The molecule has 1 fully saturated rings. The molecule has 1 saturated heterocycles. The van der Waals surface area contributed by atoms with E-state index >= 15 is 0 Å². The highest BCUT2D eigenvalue weighted by atomic mass is 16.2. The summed E-state index contributed by atoms with van der Waals surface area (Å²) < 4.78 is 0. The number of para-hydroxylation sites is 1. The van der Waals surface area contributed by atoms with Crippen molar-refractivity contribution in [3.05, 3.63) is 88.7 Å². The quantitative estimate of drug-likeness (QED) is 0.702. The van der Waals surface area contributed by atoms with Gasteiger partial charge in [-0.05, 0) is 42.7 Å². The van der Waals surface area contributed by atoms with Crippen LogP contribution in [0.25, 0.3) is 11.3 Å². The lowest BCUT2D eigenvalue weighted by atomic mass is 9.96. The van der Waals surface area contributed by atoms with Crippen LogP contribution in [0, 0.1) is 5.92 Å². The van der Waals surface area contributed by atoms with Gasteiger partial charge in [0.25, 0.3) is 11.5 Å². The number of carbonyl (C=O) groups is 2. The molecular weight excluding hydrogens is 378 g/mol. The number of benzene rings is 2. The predicted molar refractivity (Wildman–Crippen MR) is 116 cm³/mol. The molecule has 0 saturated carbocycles. The second kappa shape index (κ2) is 8.78. The highest BCUT2D eigenvalue weighted by molar-refractivity contribution is 5.96. The largest absolute Gasteiger partial charge is 0.338 e. The number of anilines is 1. The minimum Gasteiger partial charge on any atom is -0.338 e. The minimum absolute atomic E-state index is 0.0961. The fraction of sp³-hybridized carbons (Fsp3) is 0.208. The standard InChI is InChI=1S/C24H23N3O3/c28-22(25-19-11-5-2-6-12-19)18-10-7-15-27(16-18)24(30)20-13-14-21(26-23(20)29)17-8-3-1-4-9-17/h1-6,8-9,11-14,18H,7,10,15-16H2,(H,25,28)(H,26,29). The van der Waals surface area contributed by atoms with E-state index in [2.05, 4.69) is 10.3 Å². The van der Waals surface area contributed by atoms with Crippen LogP contribution >= 0.6 is 0 Å². The van der Waals surface area contributed by atoms with E-state index in [0.29, 0.717) is 25.2 Å². The molecule has 0 aliphatic carbocycles. The maximum absolute atomic E-state index is 13.0. The highest BCUT2D eigenvalue weighted by Gasteiger charge is 2.30. The van der Waals surface area contributed by atoms with E-state index in [1.165, 1.54) is 0 Å². The van der Waals surface area contributed by atoms with Gasteiger partial charge in [-0.15, -0.1) is 0 Å². The van der Waals surface area contributed by atoms with Gasteiger partial charge in [0, 0.05) is 24.5 Å². The van der Waals surface area contributed by atoms with Crippen LogP contribution in [0.3, 0.4) is 0 Å². The zero-order valence-electron chi connectivity index (χ0n) is 16.5. The molecule has 0 radical (unpaired) electrons. The van der Waals surface area contributed by atoms with E-state index in [9.17, 15) is 14.4 Å². The first-order valence-corrected chi connectivity index (χ1v) is 10.1. The van der Waals surface area contributed by atoms with Crippen LogP contribution in [0.2, 0.25) is 0 Å². The number of H-pyrrole nitrogens is 1. The van der Waals surface area contributed by atoms with Crippen molar-refractivity contribution in [3.8, 4) is 11.3 Å². The minimum atomic E-state index is -0.419. The molecule has 1 unspecified atom stereocenters. The first-order valence-electron chi connectivity index (χ1n) is 10.1. The molecule has 3 aromatic rings. The fourth-order valence-corrected chi connectivity index (χ4v) is 3.74. The smallest absolute Gasteiger partial charge is 0.261 e. The number of likely N-dealkylation sites (tertiary alicyclic amines) is 1. The van der Waals surface area contributed by atoms with Gasteiger partial charge in [-0.1, -0.05) is 48.5 Å². The van der Waals surface area contributed by atoms with E-state index in [1.807, 2.05) is 60.7 Å². The normalized spacial score (nSPS) is 16.1. The summed E-state index contributed by atoms with van der Waals surface area (Å²) in [5, 5.41) is 2.90. The first-order chi connectivity index (χ1) is 14.6. The molecule has 1 atom stereocenters. The van der Waals surface area contributed by atoms with Gasteiger partial charge in [-0.3, -0.25) is 14.4 Å². The fourth-order valence-electron chi connectivity index (χ4n) is 3.74. The Balaban J connectivity index is 1.46. The van der Waals surface area contributed by atoms with Crippen molar-refractivity contribution in [2.24, 2.45) is 5.92 Å². The second-order valence-electron chi connectivity index (χ2n) is 7.43. The van der Waals surface area contributed by atoms with Crippen molar-refractivity contribution in [2.45, 2.75) is 12.8 Å². The number of nitrogens with zero attached hydrogens (tertiary/aromatic N) is 1. The Morgan fingerprint density at radius 1 is 0.933 bits per heavy atom. The Hall–Kier alpha value is -3.67. The number of carbonyl (C=O) groups excluding carboxylic acids is 2. The van der Waals surface area contributed by atoms with Crippen LogP contribution in [-0.4, -0.2) is 34.8 Å². The van der Waals surface area contributed by atoms with Gasteiger partial charge in [0.05, 0.1) is 5.92 Å². The number of aromatic amines is 1. The number of hydrogen-bond donors (Lipinski definition) is 2. The highest BCUT2D eigenvalue weighted by Crippen LogP contribution is 2.21. The maximum Gasteiger partial charge on any atom is 0.261 e. The third-order valence-electron chi connectivity index (χ3n) is 5.35. The summed E-state index contributed by atoms with van der Waals surface area (Å²) in [6, 6.07) is 22.1. The van der Waals surface area contributed by atoms with Gasteiger partial charge >= 0.3 is 0 Å². The Bertz CT molecular complexity index is 1090. The Morgan fingerprint density at radius 3 is 2.33 bits per heavy atom. The molecule has 2 N–H and O–H groups in total. The van der Waals surface area contributed by atoms with Gasteiger partial charge in [0.15, 0.2) is 0 Å². The van der Waals surface area contributed by atoms with Crippen molar-refractivity contribution in [1.82, 2.24) is 9.88 Å². The molecule has 6 nitrogen and oxygen atoms in total. The molecule has 152 valence electrons. The zero-order valence-corrected chi connectivity index (χ0v) is 16.5. The van der Waals surface area contributed by atoms with Crippen LogP contribution < -0.4 is 10.9 Å². The van der Waals surface area contributed by atoms with Crippen LogP contribution in [-0.2, 0) is 4.79 Å². The van der Waals surface area contributed by atoms with Gasteiger partial charge < -0.3 is 15.2 Å². The van der Waals surface area contributed by atoms with E-state index in [1.54, 1.807) is 17.0 Å². The molecule has 0 bridgehead atoms. The lowest BCUT2D eigenvalue weighted by Gasteiger charge is -2.32. The Kier molecular flexibility index (Phi) is 5.75. The molecule has 1 aliphatic heterocycles. The molecule has 1 aromatic heterocycles. The topological polar surface area (TPSA) is 82.3 Å². The molecule has 4 rings (SSSR count). The van der Waals surface area contributed by atoms with Crippen molar-refractivity contribution >= 4 is 17.5 Å². The number of aromatic nitrogens is 1. The molecular formula is C24H23N3O3. The molecule has 0 spiro atoms. The summed E-state index contributed by atoms with van der Waals surface area (Å²) in [4.78, 5) is 42.6. The van der Waals surface area contributed by atoms with E-state index in [-0.39, 0.29) is 23.3 Å². The molecule has 2 aromatic carbocycles. The second-order valence-corrected chi connectivity index (χ2v) is 7.43. The van der Waals surface area contributed by atoms with Crippen molar-refractivity contribution in [2.75, 3.05) is 18.4 Å². The average molecular weight is 401 g/mol. The lowest BCUT2D eigenvalue weighted by Crippen LogP contribution is -2.45. The summed E-state index contributed by atoms with van der Waals surface area (Å²) in [6.07, 6.45) is 1.43.